The summed E-state index contributed by atoms with van der Waals surface area (Å²) in [6.45, 7) is 5.09. The van der Waals surface area contributed by atoms with E-state index in [1.54, 1.807) is 33.9 Å². The molecule has 8 nitrogen and oxygen atoms in total. The minimum Gasteiger partial charge on any atom is -0.444 e. The number of alkyl halides is 3. The summed E-state index contributed by atoms with van der Waals surface area (Å²) in [5, 5.41) is 12.5. The highest BCUT2D eigenvalue weighted by atomic mass is 19.4. The summed E-state index contributed by atoms with van der Waals surface area (Å²) in [7, 11) is 3.09. The van der Waals surface area contributed by atoms with Gasteiger partial charge in [-0.3, -0.25) is 15.0 Å². The number of carbonyl (C=O) groups is 2. The van der Waals surface area contributed by atoms with E-state index in [0.717, 1.165) is 0 Å². The van der Waals surface area contributed by atoms with Crippen LogP contribution in [0.1, 0.15) is 69.2 Å². The number of halogens is 3. The van der Waals surface area contributed by atoms with Crippen LogP contribution in [0, 0.1) is 5.41 Å². The van der Waals surface area contributed by atoms with Crippen molar-refractivity contribution in [2.45, 2.75) is 82.4 Å². The van der Waals surface area contributed by atoms with Crippen LogP contribution >= 0.6 is 0 Å². The second-order valence-electron chi connectivity index (χ2n) is 10.9. The lowest BCUT2D eigenvalue weighted by Gasteiger charge is -2.45. The van der Waals surface area contributed by atoms with Gasteiger partial charge in [-0.1, -0.05) is 12.1 Å². The minimum atomic E-state index is -4.86. The number of carbonyl (C=O) groups excluding carboxylic acids is 2. The van der Waals surface area contributed by atoms with Gasteiger partial charge in [-0.15, -0.1) is 0 Å². The second kappa shape index (κ2) is 8.72. The summed E-state index contributed by atoms with van der Waals surface area (Å²) in [6.07, 6.45) is -5.48. The van der Waals surface area contributed by atoms with Crippen LogP contribution in [0.4, 0.5) is 18.0 Å². The van der Waals surface area contributed by atoms with E-state index in [9.17, 15) is 27.9 Å². The van der Waals surface area contributed by atoms with Crippen LogP contribution < -0.4 is 5.32 Å². The fourth-order valence-electron chi connectivity index (χ4n) is 5.79. The van der Waals surface area contributed by atoms with Gasteiger partial charge in [0.2, 0.25) is 5.96 Å². The van der Waals surface area contributed by atoms with Crippen molar-refractivity contribution in [2.75, 3.05) is 14.2 Å². The summed E-state index contributed by atoms with van der Waals surface area (Å²) in [6, 6.07) is 4.04. The molecule has 2 aliphatic carbocycles. The van der Waals surface area contributed by atoms with Gasteiger partial charge in [0.15, 0.2) is 11.6 Å². The van der Waals surface area contributed by atoms with E-state index < -0.39 is 40.8 Å². The van der Waals surface area contributed by atoms with Crippen LogP contribution in [-0.4, -0.2) is 60.0 Å². The molecule has 0 bridgehead atoms. The smallest absolute Gasteiger partial charge is 0.418 e. The molecule has 2 spiro atoms. The third-order valence-electron chi connectivity index (χ3n) is 7.49. The summed E-state index contributed by atoms with van der Waals surface area (Å²) in [5.74, 6) is -0.473. The first-order valence-electron chi connectivity index (χ1n) is 11.9. The zero-order valence-electron chi connectivity index (χ0n) is 21.0. The number of hydrogen-bond acceptors (Lipinski definition) is 6. The Morgan fingerprint density at radius 1 is 1.25 bits per heavy atom. The number of ether oxygens (including phenoxy) is 2. The minimum absolute atomic E-state index is 0.0107. The molecule has 0 aromatic heterocycles. The molecule has 2 unspecified atom stereocenters. The summed E-state index contributed by atoms with van der Waals surface area (Å²) >= 11 is 0. The fourth-order valence-corrected chi connectivity index (χ4v) is 5.79. The molecular formula is C25H32F3N3O5. The molecule has 1 heterocycles. The van der Waals surface area contributed by atoms with Crippen molar-refractivity contribution >= 4 is 18.0 Å². The summed E-state index contributed by atoms with van der Waals surface area (Å²) < 4.78 is 50.8. The Kier molecular flexibility index (Phi) is 6.40. The molecule has 36 heavy (non-hydrogen) atoms. The number of aliphatic hydroxyl groups is 1. The van der Waals surface area contributed by atoms with Crippen molar-refractivity contribution in [1.82, 2.24) is 10.2 Å². The van der Waals surface area contributed by atoms with E-state index >= 15 is 0 Å². The standard InChI is InChI=1S/C25H32F3N3O5/c1-22(2,3)36-21(34)29-20-30-24(19(33)31(20)4)17-12-14(18(32)25(26,27)28)6-7-15(17)13-23(24)10-8-16(35-5)9-11-23/h6-7,12,16,18,32H,8-11,13H2,1-5H3,(H,29,30,34). The van der Waals surface area contributed by atoms with Gasteiger partial charge in [0, 0.05) is 19.6 Å². The number of alkyl carbamates (subject to hydrolysis) is 1. The van der Waals surface area contributed by atoms with Crippen molar-refractivity contribution in [1.29, 1.82) is 0 Å². The molecule has 198 valence electrons. The van der Waals surface area contributed by atoms with Gasteiger partial charge < -0.3 is 14.6 Å². The Morgan fingerprint density at radius 3 is 2.44 bits per heavy atom. The molecule has 2 N–H and O–H groups in total. The molecule has 2 atom stereocenters. The number of nitrogens with one attached hydrogen (secondary N) is 1. The summed E-state index contributed by atoms with van der Waals surface area (Å²) in [5.41, 5.74) is -2.37. The number of amides is 2. The molecule has 4 rings (SSSR count). The lowest BCUT2D eigenvalue weighted by Crippen LogP contribution is -2.51. The van der Waals surface area contributed by atoms with Gasteiger partial charge in [-0.25, -0.2) is 9.79 Å². The normalized spacial score (nSPS) is 28.9. The van der Waals surface area contributed by atoms with Crippen LogP contribution in [0.25, 0.3) is 0 Å². The van der Waals surface area contributed by atoms with E-state index in [1.807, 2.05) is 0 Å². The Labute approximate surface area is 207 Å². The van der Waals surface area contributed by atoms with Gasteiger partial charge in [-0.05, 0) is 75.6 Å². The largest absolute Gasteiger partial charge is 0.444 e. The average molecular weight is 512 g/mol. The fraction of sp³-hybridized carbons (Fsp3) is 0.640. The Hall–Kier alpha value is -2.66. The Balaban J connectivity index is 1.83. The van der Waals surface area contributed by atoms with Gasteiger partial charge in [0.25, 0.3) is 5.91 Å². The predicted octanol–water partition coefficient (Wildman–Crippen LogP) is 3.96. The van der Waals surface area contributed by atoms with Gasteiger partial charge >= 0.3 is 12.3 Å². The first kappa shape index (κ1) is 26.4. The highest BCUT2D eigenvalue weighted by Gasteiger charge is 2.66. The number of rotatable bonds is 2. The maximum atomic E-state index is 14.0. The molecule has 1 fully saturated rings. The van der Waals surface area contributed by atoms with Crippen LogP contribution in [0.3, 0.4) is 0 Å². The number of aliphatic imine (C=N–C) groups is 1. The molecule has 0 radical (unpaired) electrons. The topological polar surface area (TPSA) is 100 Å². The van der Waals surface area contributed by atoms with Gasteiger partial charge in [-0.2, -0.15) is 13.2 Å². The van der Waals surface area contributed by atoms with E-state index in [0.29, 0.717) is 43.2 Å². The average Bonchev–Trinajstić information content (AvgIpc) is 3.18. The highest BCUT2D eigenvalue weighted by molar-refractivity contribution is 6.12. The van der Waals surface area contributed by atoms with Gasteiger partial charge in [0.1, 0.15) is 5.60 Å². The van der Waals surface area contributed by atoms with E-state index in [2.05, 4.69) is 5.32 Å². The lowest BCUT2D eigenvalue weighted by molar-refractivity contribution is -0.206. The molecule has 3 aliphatic rings. The van der Waals surface area contributed by atoms with E-state index in [4.69, 9.17) is 14.5 Å². The van der Waals surface area contributed by atoms with Crippen LogP contribution in [0.5, 0.6) is 0 Å². The van der Waals surface area contributed by atoms with Crippen molar-refractivity contribution < 1.29 is 37.3 Å². The Bertz CT molecular complexity index is 1090. The monoisotopic (exact) mass is 511 g/mol. The molecule has 1 saturated carbocycles. The number of nitrogens with zero attached hydrogens (tertiary/aromatic N) is 2. The lowest BCUT2D eigenvalue weighted by atomic mass is 9.61. The van der Waals surface area contributed by atoms with Crippen molar-refractivity contribution in [2.24, 2.45) is 10.4 Å². The molecule has 11 heteroatoms. The zero-order valence-corrected chi connectivity index (χ0v) is 21.0. The maximum absolute atomic E-state index is 14.0. The van der Waals surface area contributed by atoms with Crippen LogP contribution in [-0.2, 0) is 26.2 Å². The van der Waals surface area contributed by atoms with Gasteiger partial charge in [0.05, 0.1) is 6.10 Å². The number of benzene rings is 1. The van der Waals surface area contributed by atoms with Crippen molar-refractivity contribution in [3.8, 4) is 0 Å². The molecular weight excluding hydrogens is 479 g/mol. The third kappa shape index (κ3) is 4.26. The maximum Gasteiger partial charge on any atom is 0.418 e. The molecule has 0 saturated heterocycles. The molecule has 1 aromatic carbocycles. The third-order valence-corrected chi connectivity index (χ3v) is 7.49. The quantitative estimate of drug-likeness (QED) is 0.626. The van der Waals surface area contributed by atoms with Crippen molar-refractivity contribution in [3.63, 3.8) is 0 Å². The molecule has 2 amide bonds. The second-order valence-corrected chi connectivity index (χ2v) is 10.9. The summed E-state index contributed by atoms with van der Waals surface area (Å²) in [4.78, 5) is 32.4. The van der Waals surface area contributed by atoms with Crippen molar-refractivity contribution in [3.05, 3.63) is 34.9 Å². The molecule has 1 aliphatic heterocycles. The predicted molar refractivity (Wildman–Crippen MR) is 124 cm³/mol. The first-order chi connectivity index (χ1) is 16.6. The van der Waals surface area contributed by atoms with E-state index in [-0.39, 0.29) is 17.6 Å². The highest BCUT2D eigenvalue weighted by Crippen LogP contribution is 2.62. The first-order valence-corrected chi connectivity index (χ1v) is 11.9. The number of fused-ring (bicyclic) bond motifs is 3. The van der Waals surface area contributed by atoms with Crippen LogP contribution in [0.2, 0.25) is 0 Å². The number of hydrogen-bond donors (Lipinski definition) is 2. The number of methoxy groups -OCH3 is 1. The number of guanidine groups is 1. The molecule has 1 aromatic rings. The van der Waals surface area contributed by atoms with E-state index in [1.165, 1.54) is 24.1 Å². The zero-order chi connectivity index (χ0) is 26.7. The number of aliphatic hydroxyl groups excluding tert-OH is 1. The SMILES string of the molecule is COC1CCC2(CC1)Cc1ccc(C(O)C(F)(F)F)cc1C21N=C(NC(=O)OC(C)(C)C)N(C)C1=O. The van der Waals surface area contributed by atoms with Crippen LogP contribution in [0.15, 0.2) is 23.2 Å². The number of likely N-dealkylation sites (N-methyl/N-ethyl adjacent to an activating group) is 1. The Morgan fingerprint density at radius 2 is 1.89 bits per heavy atom.